The predicted molar refractivity (Wildman–Crippen MR) is 88.2 cm³/mol. The molecular weight excluding hydrogens is 343 g/mol. The van der Waals surface area contributed by atoms with Gasteiger partial charge in [0.2, 0.25) is 0 Å². The summed E-state index contributed by atoms with van der Waals surface area (Å²) in [4.78, 5) is 9.78. The van der Waals surface area contributed by atoms with Crippen LogP contribution in [-0.2, 0) is 6.18 Å². The van der Waals surface area contributed by atoms with E-state index < -0.39 is 11.7 Å². The Bertz CT molecular complexity index is 653. The maximum absolute atomic E-state index is 12.7. The van der Waals surface area contributed by atoms with Crippen molar-refractivity contribution in [2.45, 2.75) is 18.6 Å². The summed E-state index contributed by atoms with van der Waals surface area (Å²) in [6, 6.07) is 0.965. The van der Waals surface area contributed by atoms with Crippen molar-refractivity contribution in [1.82, 2.24) is 15.6 Å². The quantitative estimate of drug-likeness (QED) is 0.493. The Hall–Kier alpha value is -2.14. The first-order chi connectivity index (χ1) is 11.3. The summed E-state index contributed by atoms with van der Waals surface area (Å²) in [5.41, 5.74) is -0.857. The molecule has 0 aromatic carbocycles. The van der Waals surface area contributed by atoms with Crippen LogP contribution in [0.5, 0.6) is 0 Å². The van der Waals surface area contributed by atoms with Crippen LogP contribution in [0.4, 0.5) is 19.0 Å². The second kappa shape index (κ2) is 7.62. The van der Waals surface area contributed by atoms with E-state index in [1.807, 2.05) is 4.90 Å². The molecule has 5 nitrogen and oxygen atoms in total. The average Bonchev–Trinajstić information content (AvgIpc) is 2.98. The number of aliphatic imine (C=N–C) groups is 1. The summed E-state index contributed by atoms with van der Waals surface area (Å²) in [5.74, 6) is 3.38. The van der Waals surface area contributed by atoms with Crippen LogP contribution in [0, 0.1) is 12.3 Å². The number of alkyl halides is 3. The van der Waals surface area contributed by atoms with Gasteiger partial charge >= 0.3 is 6.18 Å². The maximum atomic E-state index is 12.7. The molecule has 1 aromatic heterocycles. The van der Waals surface area contributed by atoms with Gasteiger partial charge < -0.3 is 15.5 Å². The van der Waals surface area contributed by atoms with Gasteiger partial charge in [0, 0.05) is 32.4 Å². The minimum absolute atomic E-state index is 0.0136. The Morgan fingerprint density at radius 3 is 2.92 bits per heavy atom. The lowest BCUT2D eigenvalue weighted by Crippen LogP contribution is -2.44. The molecule has 130 valence electrons. The van der Waals surface area contributed by atoms with Crippen LogP contribution in [0.1, 0.15) is 12.0 Å². The Kier molecular flexibility index (Phi) is 5.78. The van der Waals surface area contributed by atoms with Gasteiger partial charge in [0.25, 0.3) is 0 Å². The number of rotatable bonds is 3. The van der Waals surface area contributed by atoms with E-state index in [0.29, 0.717) is 31.4 Å². The zero-order valence-corrected chi connectivity index (χ0v) is 13.7. The van der Waals surface area contributed by atoms with Gasteiger partial charge in [-0.2, -0.15) is 13.2 Å². The molecule has 1 aromatic rings. The Labute approximate surface area is 143 Å². The number of anilines is 1. The monoisotopic (exact) mass is 359 g/mol. The number of halogens is 4. The molecule has 1 atom stereocenters. The molecule has 2 N–H and O–H groups in total. The number of terminal acetylenes is 1. The number of hydrogen-bond donors (Lipinski definition) is 2. The van der Waals surface area contributed by atoms with Crippen LogP contribution in [0.3, 0.4) is 0 Å². The van der Waals surface area contributed by atoms with Gasteiger partial charge in [-0.25, -0.2) is 4.98 Å². The first-order valence-electron chi connectivity index (χ1n) is 7.23. The van der Waals surface area contributed by atoms with Gasteiger partial charge in [0.1, 0.15) is 5.82 Å². The molecule has 1 unspecified atom stereocenters. The van der Waals surface area contributed by atoms with Crippen LogP contribution < -0.4 is 15.5 Å². The number of guanidine groups is 1. The second-order valence-electron chi connectivity index (χ2n) is 5.23. The Morgan fingerprint density at radius 2 is 2.33 bits per heavy atom. The number of aromatic nitrogens is 1. The molecule has 0 radical (unpaired) electrons. The topological polar surface area (TPSA) is 52.6 Å². The minimum atomic E-state index is -4.46. The third kappa shape index (κ3) is 4.45. The molecule has 1 aliphatic heterocycles. The average molecular weight is 360 g/mol. The summed E-state index contributed by atoms with van der Waals surface area (Å²) in [6.45, 7) is 1.53. The molecule has 0 spiro atoms. The van der Waals surface area contributed by atoms with Crippen molar-refractivity contribution in [3.05, 3.63) is 22.8 Å². The molecule has 1 fully saturated rings. The molecule has 0 aliphatic carbocycles. The zero-order valence-electron chi connectivity index (χ0n) is 13.0. The van der Waals surface area contributed by atoms with E-state index >= 15 is 0 Å². The van der Waals surface area contributed by atoms with E-state index in [1.54, 1.807) is 7.05 Å². The SMILES string of the molecule is C#CCNC(=NC)NC1CCN(c2ncc(C(F)(F)F)cc2Cl)C1. The second-order valence-corrected chi connectivity index (χ2v) is 5.64. The highest BCUT2D eigenvalue weighted by atomic mass is 35.5. The first kappa shape index (κ1) is 18.2. The summed E-state index contributed by atoms with van der Waals surface area (Å²) >= 11 is 5.98. The van der Waals surface area contributed by atoms with E-state index in [2.05, 4.69) is 26.5 Å². The lowest BCUT2D eigenvalue weighted by molar-refractivity contribution is -0.137. The highest BCUT2D eigenvalue weighted by Gasteiger charge is 2.33. The van der Waals surface area contributed by atoms with Crippen molar-refractivity contribution in [2.24, 2.45) is 4.99 Å². The van der Waals surface area contributed by atoms with E-state index in [4.69, 9.17) is 18.0 Å². The lowest BCUT2D eigenvalue weighted by Gasteiger charge is -2.20. The van der Waals surface area contributed by atoms with Crippen molar-refractivity contribution in [2.75, 3.05) is 31.6 Å². The zero-order chi connectivity index (χ0) is 17.7. The fourth-order valence-electron chi connectivity index (χ4n) is 2.41. The molecule has 0 bridgehead atoms. The smallest absolute Gasteiger partial charge is 0.353 e. The van der Waals surface area contributed by atoms with E-state index in [1.165, 1.54) is 0 Å². The van der Waals surface area contributed by atoms with Gasteiger partial charge in [0.15, 0.2) is 5.96 Å². The van der Waals surface area contributed by atoms with Crippen molar-refractivity contribution in [1.29, 1.82) is 0 Å². The Morgan fingerprint density at radius 1 is 1.58 bits per heavy atom. The maximum Gasteiger partial charge on any atom is 0.417 e. The molecule has 2 rings (SSSR count). The lowest BCUT2D eigenvalue weighted by atomic mass is 10.2. The first-order valence-corrected chi connectivity index (χ1v) is 7.61. The van der Waals surface area contributed by atoms with E-state index in [9.17, 15) is 13.2 Å². The van der Waals surface area contributed by atoms with E-state index in [0.717, 1.165) is 18.7 Å². The number of hydrogen-bond acceptors (Lipinski definition) is 3. The number of nitrogens with zero attached hydrogens (tertiary/aromatic N) is 3. The molecule has 0 saturated carbocycles. The van der Waals surface area contributed by atoms with Crippen LogP contribution in [0.15, 0.2) is 17.3 Å². The molecule has 2 heterocycles. The molecule has 9 heteroatoms. The van der Waals surface area contributed by atoms with Crippen molar-refractivity contribution in [3.63, 3.8) is 0 Å². The molecule has 1 aliphatic rings. The summed E-state index contributed by atoms with van der Waals surface area (Å²) < 4.78 is 38.0. The van der Waals surface area contributed by atoms with Crippen LogP contribution >= 0.6 is 11.6 Å². The number of pyridine rings is 1. The van der Waals surface area contributed by atoms with Crippen molar-refractivity contribution < 1.29 is 13.2 Å². The summed E-state index contributed by atoms with van der Waals surface area (Å²) in [6.07, 6.45) is 2.31. The van der Waals surface area contributed by atoms with Gasteiger partial charge in [-0.3, -0.25) is 4.99 Å². The van der Waals surface area contributed by atoms with Crippen molar-refractivity contribution >= 4 is 23.4 Å². The normalized spacial score (nSPS) is 18.4. The van der Waals surface area contributed by atoms with Gasteiger partial charge in [-0.05, 0) is 12.5 Å². The molecular formula is C15H17ClF3N5. The minimum Gasteiger partial charge on any atom is -0.353 e. The molecule has 24 heavy (non-hydrogen) atoms. The van der Waals surface area contributed by atoms with Crippen LogP contribution in [0.25, 0.3) is 0 Å². The van der Waals surface area contributed by atoms with Crippen LogP contribution in [0.2, 0.25) is 5.02 Å². The predicted octanol–water partition coefficient (Wildman–Crippen LogP) is 2.13. The highest BCUT2D eigenvalue weighted by Crippen LogP contribution is 2.34. The molecule has 0 amide bonds. The van der Waals surface area contributed by atoms with E-state index in [-0.39, 0.29) is 11.1 Å². The fraction of sp³-hybridized carbons (Fsp3) is 0.467. The number of nitrogens with one attached hydrogen (secondary N) is 2. The fourth-order valence-corrected chi connectivity index (χ4v) is 2.70. The largest absolute Gasteiger partial charge is 0.417 e. The highest BCUT2D eigenvalue weighted by molar-refractivity contribution is 6.33. The van der Waals surface area contributed by atoms with Gasteiger partial charge in [-0.1, -0.05) is 17.5 Å². The van der Waals surface area contributed by atoms with Gasteiger partial charge in [0.05, 0.1) is 17.1 Å². The van der Waals surface area contributed by atoms with Gasteiger partial charge in [-0.15, -0.1) is 6.42 Å². The summed E-state index contributed by atoms with van der Waals surface area (Å²) in [5, 5.41) is 6.15. The summed E-state index contributed by atoms with van der Waals surface area (Å²) in [7, 11) is 1.63. The third-order valence-electron chi connectivity index (χ3n) is 3.56. The van der Waals surface area contributed by atoms with Crippen molar-refractivity contribution in [3.8, 4) is 12.3 Å². The Balaban J connectivity index is 2.02. The van der Waals surface area contributed by atoms with Crippen LogP contribution in [-0.4, -0.2) is 43.7 Å². The molecule has 1 saturated heterocycles. The standard InChI is InChI=1S/C15H17ClF3N5/c1-3-5-21-14(20-2)23-11-4-6-24(9-11)13-12(16)7-10(8-22-13)15(17,18)19/h1,7-8,11H,4-6,9H2,2H3,(H2,20,21,23). The third-order valence-corrected chi connectivity index (χ3v) is 3.84.